The molecule has 0 aliphatic rings. The highest BCUT2D eigenvalue weighted by Crippen LogP contribution is 2.29. The van der Waals surface area contributed by atoms with Gasteiger partial charge in [-0.1, -0.05) is 0 Å². The molecule has 5 heteroatoms. The van der Waals surface area contributed by atoms with Gasteiger partial charge in [-0.05, 0) is 47.1 Å². The van der Waals surface area contributed by atoms with Crippen molar-refractivity contribution < 1.29 is 8.78 Å². The van der Waals surface area contributed by atoms with E-state index in [1.165, 1.54) is 12.1 Å². The van der Waals surface area contributed by atoms with Gasteiger partial charge in [0.05, 0.1) is 15.5 Å². The minimum atomic E-state index is -0.576. The average Bonchev–Trinajstić information content (AvgIpc) is 2.69. The molecular formula is C12H10BrF2NS. The number of benzene rings is 1. The molecule has 0 amide bonds. The molecule has 0 saturated carbocycles. The smallest absolute Gasteiger partial charge is 0.149 e. The molecule has 17 heavy (non-hydrogen) atoms. The van der Waals surface area contributed by atoms with Crippen LogP contribution in [0.25, 0.3) is 0 Å². The Morgan fingerprint density at radius 3 is 2.59 bits per heavy atom. The third kappa shape index (κ3) is 3.04. The summed E-state index contributed by atoms with van der Waals surface area (Å²) < 4.78 is 27.2. The first-order valence-corrected chi connectivity index (χ1v) is 6.64. The predicted molar refractivity (Wildman–Crippen MR) is 70.4 cm³/mol. The van der Waals surface area contributed by atoms with E-state index in [1.54, 1.807) is 11.3 Å². The maximum Gasteiger partial charge on any atom is 0.149 e. The van der Waals surface area contributed by atoms with E-state index in [4.69, 9.17) is 0 Å². The first kappa shape index (κ1) is 12.5. The maximum atomic E-state index is 13.4. The van der Waals surface area contributed by atoms with Crippen LogP contribution in [0.5, 0.6) is 0 Å². The maximum absolute atomic E-state index is 13.4. The Morgan fingerprint density at radius 2 is 2.00 bits per heavy atom. The minimum absolute atomic E-state index is 0.0220. The van der Waals surface area contributed by atoms with Crippen molar-refractivity contribution in [2.24, 2.45) is 0 Å². The van der Waals surface area contributed by atoms with E-state index < -0.39 is 11.6 Å². The van der Waals surface area contributed by atoms with Crippen molar-refractivity contribution in [3.05, 3.63) is 50.6 Å². The van der Waals surface area contributed by atoms with Gasteiger partial charge in [-0.15, -0.1) is 11.3 Å². The number of nitrogens with one attached hydrogen (secondary N) is 1. The van der Waals surface area contributed by atoms with E-state index in [9.17, 15) is 8.78 Å². The Kier molecular flexibility index (Phi) is 3.79. The van der Waals surface area contributed by atoms with E-state index in [0.717, 1.165) is 14.7 Å². The van der Waals surface area contributed by atoms with Crippen molar-refractivity contribution in [3.63, 3.8) is 0 Å². The number of hydrogen-bond acceptors (Lipinski definition) is 2. The third-order valence-electron chi connectivity index (χ3n) is 2.32. The standard InChI is InChI=1S/C12H10BrF2NS/c1-7(11-4-5-12(13)17-11)16-10-3-2-8(14)6-9(10)15/h2-7,16H,1H3. The summed E-state index contributed by atoms with van der Waals surface area (Å²) in [5.74, 6) is -1.15. The third-order valence-corrected chi connectivity index (χ3v) is 4.13. The predicted octanol–water partition coefficient (Wildman–Crippen LogP) is 4.96. The van der Waals surface area contributed by atoms with Crippen LogP contribution in [0.15, 0.2) is 34.1 Å². The zero-order valence-corrected chi connectivity index (χ0v) is 11.4. The van der Waals surface area contributed by atoms with E-state index in [0.29, 0.717) is 5.69 Å². The van der Waals surface area contributed by atoms with Crippen LogP contribution in [-0.4, -0.2) is 0 Å². The van der Waals surface area contributed by atoms with E-state index in [2.05, 4.69) is 21.2 Å². The molecule has 0 saturated heterocycles. The molecule has 0 spiro atoms. The van der Waals surface area contributed by atoms with Crippen LogP contribution < -0.4 is 5.32 Å². The summed E-state index contributed by atoms with van der Waals surface area (Å²) in [6, 6.07) is 7.41. The monoisotopic (exact) mass is 317 g/mol. The largest absolute Gasteiger partial charge is 0.375 e. The fraction of sp³-hybridized carbons (Fsp3) is 0.167. The second-order valence-electron chi connectivity index (χ2n) is 3.63. The van der Waals surface area contributed by atoms with Crippen LogP contribution in [0.3, 0.4) is 0 Å². The van der Waals surface area contributed by atoms with Crippen molar-refractivity contribution in [3.8, 4) is 0 Å². The van der Waals surface area contributed by atoms with Crippen LogP contribution in [-0.2, 0) is 0 Å². The summed E-state index contributed by atoms with van der Waals surface area (Å²) in [6.07, 6.45) is 0. The minimum Gasteiger partial charge on any atom is -0.375 e. The second kappa shape index (κ2) is 5.14. The number of anilines is 1. The number of hydrogen-bond donors (Lipinski definition) is 1. The van der Waals surface area contributed by atoms with Gasteiger partial charge in [-0.3, -0.25) is 0 Å². The van der Waals surface area contributed by atoms with Gasteiger partial charge in [-0.25, -0.2) is 8.78 Å². The molecule has 2 aromatic rings. The zero-order valence-electron chi connectivity index (χ0n) is 9.01. The Bertz CT molecular complexity index is 527. The number of thiophene rings is 1. The van der Waals surface area contributed by atoms with Crippen molar-refractivity contribution in [2.45, 2.75) is 13.0 Å². The first-order valence-electron chi connectivity index (χ1n) is 5.03. The summed E-state index contributed by atoms with van der Waals surface area (Å²) in [6.45, 7) is 1.93. The second-order valence-corrected chi connectivity index (χ2v) is 6.13. The van der Waals surface area contributed by atoms with Gasteiger partial charge >= 0.3 is 0 Å². The molecule has 2 rings (SSSR count). The van der Waals surface area contributed by atoms with Gasteiger partial charge in [0.2, 0.25) is 0 Å². The lowest BCUT2D eigenvalue weighted by Crippen LogP contribution is -2.06. The van der Waals surface area contributed by atoms with Crippen LogP contribution in [0, 0.1) is 11.6 Å². The Morgan fingerprint density at radius 1 is 1.24 bits per heavy atom. The molecule has 1 N–H and O–H groups in total. The Hall–Kier alpha value is -0.940. The lowest BCUT2D eigenvalue weighted by Gasteiger charge is -2.14. The fourth-order valence-electron chi connectivity index (χ4n) is 1.47. The molecule has 0 fully saturated rings. The molecule has 1 aromatic carbocycles. The Balaban J connectivity index is 2.15. The molecule has 0 radical (unpaired) electrons. The van der Waals surface area contributed by atoms with Crippen molar-refractivity contribution in [1.82, 2.24) is 0 Å². The summed E-state index contributed by atoms with van der Waals surface area (Å²) in [4.78, 5) is 1.08. The molecular weight excluding hydrogens is 308 g/mol. The summed E-state index contributed by atoms with van der Waals surface area (Å²) >= 11 is 4.96. The highest BCUT2D eigenvalue weighted by molar-refractivity contribution is 9.11. The van der Waals surface area contributed by atoms with Crippen molar-refractivity contribution in [1.29, 1.82) is 0 Å². The van der Waals surface area contributed by atoms with Crippen LogP contribution >= 0.6 is 27.3 Å². The fourth-order valence-corrected chi connectivity index (χ4v) is 2.90. The van der Waals surface area contributed by atoms with Crippen molar-refractivity contribution in [2.75, 3.05) is 5.32 Å². The summed E-state index contributed by atoms with van der Waals surface area (Å²) in [5.41, 5.74) is 0.309. The molecule has 1 nitrogen and oxygen atoms in total. The lowest BCUT2D eigenvalue weighted by molar-refractivity contribution is 0.584. The first-order chi connectivity index (χ1) is 8.06. The van der Waals surface area contributed by atoms with Gasteiger partial charge in [0.25, 0.3) is 0 Å². The van der Waals surface area contributed by atoms with Crippen LogP contribution in [0.4, 0.5) is 14.5 Å². The SMILES string of the molecule is CC(Nc1ccc(F)cc1F)c1ccc(Br)s1. The summed E-state index contributed by atoms with van der Waals surface area (Å²) in [7, 11) is 0. The highest BCUT2D eigenvalue weighted by atomic mass is 79.9. The van der Waals surface area contributed by atoms with E-state index >= 15 is 0 Å². The molecule has 0 aliphatic carbocycles. The molecule has 1 unspecified atom stereocenters. The normalized spacial score (nSPS) is 12.5. The van der Waals surface area contributed by atoms with Gasteiger partial charge < -0.3 is 5.32 Å². The van der Waals surface area contributed by atoms with Gasteiger partial charge in [0.1, 0.15) is 11.6 Å². The molecule has 1 atom stereocenters. The molecule has 90 valence electrons. The topological polar surface area (TPSA) is 12.0 Å². The quantitative estimate of drug-likeness (QED) is 0.843. The zero-order chi connectivity index (χ0) is 12.4. The van der Waals surface area contributed by atoms with Crippen molar-refractivity contribution >= 4 is 33.0 Å². The van der Waals surface area contributed by atoms with Gasteiger partial charge in [-0.2, -0.15) is 0 Å². The van der Waals surface area contributed by atoms with E-state index in [-0.39, 0.29) is 6.04 Å². The number of halogens is 3. The molecule has 1 heterocycles. The lowest BCUT2D eigenvalue weighted by atomic mass is 10.2. The van der Waals surface area contributed by atoms with Crippen LogP contribution in [0.2, 0.25) is 0 Å². The van der Waals surface area contributed by atoms with Crippen LogP contribution in [0.1, 0.15) is 17.8 Å². The molecule has 1 aromatic heterocycles. The Labute approximate surface area is 111 Å². The number of rotatable bonds is 3. The van der Waals surface area contributed by atoms with Gasteiger partial charge in [0.15, 0.2) is 0 Å². The highest BCUT2D eigenvalue weighted by Gasteiger charge is 2.10. The molecule has 0 aliphatic heterocycles. The average molecular weight is 318 g/mol. The van der Waals surface area contributed by atoms with Gasteiger partial charge in [0, 0.05) is 10.9 Å². The van der Waals surface area contributed by atoms with E-state index in [1.807, 2.05) is 19.1 Å². The summed E-state index contributed by atoms with van der Waals surface area (Å²) in [5, 5.41) is 3.01. The molecule has 0 bridgehead atoms.